The molecule has 0 radical (unpaired) electrons. The number of nitrogens with one attached hydrogen (secondary N) is 1. The van der Waals surface area contributed by atoms with Crippen LogP contribution in [0, 0.1) is 11.3 Å². The first-order valence-electron chi connectivity index (χ1n) is 6.52. The molecule has 1 aliphatic rings. The van der Waals surface area contributed by atoms with Crippen molar-refractivity contribution in [3.05, 3.63) is 24.1 Å². The summed E-state index contributed by atoms with van der Waals surface area (Å²) in [6.07, 6.45) is 2.59. The molecule has 20 heavy (non-hydrogen) atoms. The number of carbonyl (C=O) groups excluding carboxylic acids is 1. The zero-order valence-electron chi connectivity index (χ0n) is 12.2. The van der Waals surface area contributed by atoms with Gasteiger partial charge in [-0.25, -0.2) is 4.39 Å². The molecule has 1 fully saturated rings. The van der Waals surface area contributed by atoms with Crippen molar-refractivity contribution in [1.29, 1.82) is 0 Å². The van der Waals surface area contributed by atoms with E-state index in [9.17, 15) is 9.18 Å². The van der Waals surface area contributed by atoms with Crippen molar-refractivity contribution >= 4 is 17.6 Å². The smallest absolute Gasteiger partial charge is 0.319 e. The molecule has 0 saturated heterocycles. The van der Waals surface area contributed by atoms with Gasteiger partial charge in [0.1, 0.15) is 5.76 Å². The van der Waals surface area contributed by atoms with Gasteiger partial charge >= 0.3 is 5.97 Å². The number of ether oxygens (including phenoxy) is 1. The third-order valence-corrected chi connectivity index (χ3v) is 3.71. The largest absolute Gasteiger partial charge is 0.427 e. The predicted octanol–water partition coefficient (Wildman–Crippen LogP) is 3.44. The molecule has 3 atom stereocenters. The molecule has 0 aliphatic heterocycles. The van der Waals surface area contributed by atoms with Crippen molar-refractivity contribution in [2.45, 2.75) is 45.9 Å². The van der Waals surface area contributed by atoms with Crippen LogP contribution in [0.3, 0.4) is 0 Å². The third kappa shape index (κ3) is 3.96. The minimum atomic E-state index is -1.89. The van der Waals surface area contributed by atoms with E-state index >= 15 is 0 Å². The summed E-state index contributed by atoms with van der Waals surface area (Å²) in [6.45, 7) is 11.0. The number of alkyl halides is 2. The normalized spacial score (nSPS) is 24.9. The summed E-state index contributed by atoms with van der Waals surface area (Å²) in [5.41, 5.74) is 1.32. The second kappa shape index (κ2) is 6.59. The highest BCUT2D eigenvalue weighted by Gasteiger charge is 2.58. The van der Waals surface area contributed by atoms with E-state index in [1.807, 2.05) is 27.7 Å². The SMILES string of the molecule is C=C(OC(=O)[C@@H]1C(=CNOC(C)CC)C1(C)C)C(F)Cl. The summed E-state index contributed by atoms with van der Waals surface area (Å²) >= 11 is 5.15. The first kappa shape index (κ1) is 17.0. The number of halogens is 2. The summed E-state index contributed by atoms with van der Waals surface area (Å²) in [5.74, 6) is -1.38. The van der Waals surface area contributed by atoms with Crippen molar-refractivity contribution in [3.63, 3.8) is 0 Å². The van der Waals surface area contributed by atoms with E-state index in [-0.39, 0.29) is 17.3 Å². The van der Waals surface area contributed by atoms with Crippen molar-refractivity contribution in [3.8, 4) is 0 Å². The second-order valence-corrected chi connectivity index (χ2v) is 5.78. The molecule has 0 heterocycles. The molecule has 1 aliphatic carbocycles. The molecule has 1 saturated carbocycles. The fourth-order valence-corrected chi connectivity index (χ4v) is 1.85. The van der Waals surface area contributed by atoms with Crippen LogP contribution in [0.4, 0.5) is 4.39 Å². The number of hydroxylamine groups is 1. The van der Waals surface area contributed by atoms with Crippen LogP contribution >= 0.6 is 11.6 Å². The Kier molecular flexibility index (Phi) is 5.59. The fraction of sp³-hybridized carbons (Fsp3) is 0.643. The molecular formula is C14H21ClFNO3. The first-order valence-corrected chi connectivity index (χ1v) is 6.95. The number of hydrogen-bond acceptors (Lipinski definition) is 4. The van der Waals surface area contributed by atoms with Crippen LogP contribution < -0.4 is 5.48 Å². The maximum Gasteiger partial charge on any atom is 0.319 e. The van der Waals surface area contributed by atoms with Crippen molar-refractivity contribution in [1.82, 2.24) is 5.48 Å². The summed E-state index contributed by atoms with van der Waals surface area (Å²) in [5, 5.41) is 0. The van der Waals surface area contributed by atoms with Gasteiger partial charge in [-0.05, 0) is 18.9 Å². The molecule has 0 aromatic heterocycles. The van der Waals surface area contributed by atoms with Gasteiger partial charge in [-0.15, -0.1) is 0 Å². The zero-order chi connectivity index (χ0) is 15.5. The zero-order valence-corrected chi connectivity index (χ0v) is 13.0. The van der Waals surface area contributed by atoms with Crippen molar-refractivity contribution < 1.29 is 18.8 Å². The summed E-state index contributed by atoms with van der Waals surface area (Å²) in [6, 6.07) is 0. The Morgan fingerprint density at radius 1 is 1.65 bits per heavy atom. The Balaban J connectivity index is 2.57. The first-order chi connectivity index (χ1) is 9.21. The van der Waals surface area contributed by atoms with E-state index < -0.39 is 17.5 Å². The van der Waals surface area contributed by atoms with Crippen LogP contribution in [-0.4, -0.2) is 17.7 Å². The third-order valence-electron chi connectivity index (χ3n) is 3.46. The van der Waals surface area contributed by atoms with Gasteiger partial charge in [-0.1, -0.05) is 39.0 Å². The molecule has 0 aromatic carbocycles. The number of carbonyl (C=O) groups is 1. The minimum absolute atomic E-state index is 0.0717. The van der Waals surface area contributed by atoms with Gasteiger partial charge in [0.2, 0.25) is 5.63 Å². The lowest BCUT2D eigenvalue weighted by Crippen LogP contribution is -2.16. The number of hydrogen-bond donors (Lipinski definition) is 1. The van der Waals surface area contributed by atoms with Gasteiger partial charge in [0, 0.05) is 11.6 Å². The van der Waals surface area contributed by atoms with E-state index in [2.05, 4.69) is 12.1 Å². The monoisotopic (exact) mass is 305 g/mol. The molecule has 0 bridgehead atoms. The van der Waals surface area contributed by atoms with Gasteiger partial charge in [-0.3, -0.25) is 15.1 Å². The molecule has 6 heteroatoms. The lowest BCUT2D eigenvalue weighted by molar-refractivity contribution is -0.142. The summed E-state index contributed by atoms with van der Waals surface area (Å²) in [7, 11) is 0. The van der Waals surface area contributed by atoms with Crippen LogP contribution in [0.25, 0.3) is 0 Å². The number of allylic oxidation sites excluding steroid dienone is 1. The highest BCUT2D eigenvalue weighted by Crippen LogP contribution is 2.58. The highest BCUT2D eigenvalue weighted by atomic mass is 35.5. The molecule has 2 unspecified atom stereocenters. The maximum absolute atomic E-state index is 12.7. The van der Waals surface area contributed by atoms with Crippen LogP contribution in [-0.2, 0) is 14.4 Å². The fourth-order valence-electron chi connectivity index (χ4n) is 1.80. The van der Waals surface area contributed by atoms with E-state index in [1.54, 1.807) is 6.20 Å². The topological polar surface area (TPSA) is 47.6 Å². The maximum atomic E-state index is 12.7. The molecule has 1 N–H and O–H groups in total. The average Bonchev–Trinajstić information content (AvgIpc) is 2.90. The Morgan fingerprint density at radius 2 is 2.25 bits per heavy atom. The van der Waals surface area contributed by atoms with E-state index in [4.69, 9.17) is 21.2 Å². The molecule has 4 nitrogen and oxygen atoms in total. The Hall–Kier alpha value is -1.07. The van der Waals surface area contributed by atoms with Gasteiger partial charge < -0.3 is 4.74 Å². The Morgan fingerprint density at radius 3 is 2.75 bits per heavy atom. The molecular weight excluding hydrogens is 285 g/mol. The van der Waals surface area contributed by atoms with Crippen LogP contribution in [0.15, 0.2) is 24.1 Å². The van der Waals surface area contributed by atoms with Crippen LogP contribution in [0.5, 0.6) is 0 Å². The molecule has 114 valence electrons. The van der Waals surface area contributed by atoms with E-state index in [0.717, 1.165) is 12.0 Å². The van der Waals surface area contributed by atoms with Crippen molar-refractivity contribution in [2.24, 2.45) is 11.3 Å². The van der Waals surface area contributed by atoms with Crippen LogP contribution in [0.2, 0.25) is 0 Å². The van der Waals surface area contributed by atoms with E-state index in [0.29, 0.717) is 0 Å². The van der Waals surface area contributed by atoms with Gasteiger partial charge in [0.25, 0.3) is 0 Å². The predicted molar refractivity (Wildman–Crippen MR) is 75.3 cm³/mol. The quantitative estimate of drug-likeness (QED) is 0.339. The van der Waals surface area contributed by atoms with Crippen LogP contribution in [0.1, 0.15) is 34.1 Å². The lowest BCUT2D eigenvalue weighted by atomic mass is 10.1. The van der Waals surface area contributed by atoms with Crippen molar-refractivity contribution in [2.75, 3.05) is 0 Å². The Labute approximate surface area is 123 Å². The molecule has 0 spiro atoms. The van der Waals surface area contributed by atoms with Gasteiger partial charge in [0.05, 0.1) is 12.0 Å². The minimum Gasteiger partial charge on any atom is -0.427 e. The molecule has 0 aromatic rings. The van der Waals surface area contributed by atoms with Gasteiger partial charge in [-0.2, -0.15) is 0 Å². The Bertz CT molecular complexity index is 421. The highest BCUT2D eigenvalue weighted by molar-refractivity contribution is 6.21. The molecule has 0 amide bonds. The summed E-state index contributed by atoms with van der Waals surface area (Å²) < 4.78 is 17.5. The van der Waals surface area contributed by atoms with E-state index in [1.165, 1.54) is 0 Å². The molecule has 1 rings (SSSR count). The number of esters is 1. The van der Waals surface area contributed by atoms with Gasteiger partial charge in [0.15, 0.2) is 0 Å². The number of rotatable bonds is 7. The lowest BCUT2D eigenvalue weighted by Gasteiger charge is -2.08. The summed E-state index contributed by atoms with van der Waals surface area (Å²) in [4.78, 5) is 17.2. The standard InChI is InChI=1S/C14H21ClFNO3/c1-6-8(2)20-17-7-10-11(14(10,4)5)13(18)19-9(3)12(15)16/h7-8,11-12,17H,3,6H2,1-2,4-5H3/t8?,11-,12?/m0/s1. The average molecular weight is 306 g/mol. The second-order valence-electron chi connectivity index (χ2n) is 5.40.